The number of ether oxygens (including phenoxy) is 1. The number of carbonyl (C=O) groups is 2. The number of hydrogen-bond acceptors (Lipinski definition) is 4. The molecule has 2 N–H and O–H groups in total. The molecule has 1 aromatic carbocycles. The number of rotatable bonds is 3. The normalized spacial score (nSPS) is 19.4. The number of hydrogen-bond donors (Lipinski definition) is 2. The molecule has 6 heteroatoms. The first-order valence-electron chi connectivity index (χ1n) is 6.64. The Hall–Kier alpha value is -2.08. The van der Waals surface area contributed by atoms with Crippen LogP contribution in [-0.4, -0.2) is 34.9 Å². The molecule has 0 bridgehead atoms. The van der Waals surface area contributed by atoms with Crippen LogP contribution in [0.3, 0.4) is 0 Å². The van der Waals surface area contributed by atoms with Crippen molar-refractivity contribution in [1.29, 1.82) is 0 Å². The number of alkyl carbamates (subject to hydrolysis) is 1. The Bertz CT molecular complexity index is 464. The summed E-state index contributed by atoms with van der Waals surface area (Å²) in [6.45, 7) is 0.451. The standard InChI is InChI=1S/C14H18N2O4/c17-13-12(8-4-5-9-16(13)19)15-14(18)20-10-11-6-2-1-3-7-11/h1-3,6-7,12,19H,4-5,8-10H2,(H,15,18). The third-order valence-electron chi connectivity index (χ3n) is 3.17. The summed E-state index contributed by atoms with van der Waals surface area (Å²) in [4.78, 5) is 23.4. The molecule has 0 spiro atoms. The SMILES string of the molecule is O=C(NC1CCCCN(O)C1=O)OCc1ccccc1. The summed E-state index contributed by atoms with van der Waals surface area (Å²) in [7, 11) is 0. The Morgan fingerprint density at radius 1 is 1.35 bits per heavy atom. The largest absolute Gasteiger partial charge is 0.445 e. The number of carbonyl (C=O) groups excluding carboxylic acids is 2. The van der Waals surface area contributed by atoms with Gasteiger partial charge in [0.2, 0.25) is 0 Å². The molecule has 1 fully saturated rings. The van der Waals surface area contributed by atoms with Crippen molar-refractivity contribution in [3.05, 3.63) is 35.9 Å². The van der Waals surface area contributed by atoms with Crippen molar-refractivity contribution in [3.8, 4) is 0 Å². The van der Waals surface area contributed by atoms with Crippen LogP contribution < -0.4 is 5.32 Å². The minimum Gasteiger partial charge on any atom is -0.445 e. The first kappa shape index (κ1) is 14.3. The molecule has 1 saturated heterocycles. The molecule has 0 aromatic heterocycles. The van der Waals surface area contributed by atoms with Crippen LogP contribution in [0.25, 0.3) is 0 Å². The highest BCUT2D eigenvalue weighted by Crippen LogP contribution is 2.11. The molecule has 108 valence electrons. The quantitative estimate of drug-likeness (QED) is 0.825. The number of nitrogens with one attached hydrogen (secondary N) is 1. The van der Waals surface area contributed by atoms with E-state index in [4.69, 9.17) is 4.74 Å². The van der Waals surface area contributed by atoms with Gasteiger partial charge in [0.1, 0.15) is 12.6 Å². The molecule has 1 aliphatic rings. The summed E-state index contributed by atoms with van der Waals surface area (Å²) in [5.74, 6) is -0.487. The average Bonchev–Trinajstić information content (AvgIpc) is 2.62. The maximum Gasteiger partial charge on any atom is 0.408 e. The Morgan fingerprint density at radius 3 is 2.85 bits per heavy atom. The van der Waals surface area contributed by atoms with Crippen LogP contribution in [0.1, 0.15) is 24.8 Å². The van der Waals surface area contributed by atoms with E-state index in [2.05, 4.69) is 5.32 Å². The molecule has 1 unspecified atom stereocenters. The fraction of sp³-hybridized carbons (Fsp3) is 0.429. The van der Waals surface area contributed by atoms with Crippen molar-refractivity contribution in [2.75, 3.05) is 6.54 Å². The van der Waals surface area contributed by atoms with Crippen molar-refractivity contribution in [3.63, 3.8) is 0 Å². The van der Waals surface area contributed by atoms with Gasteiger partial charge in [-0.1, -0.05) is 30.3 Å². The van der Waals surface area contributed by atoms with Gasteiger partial charge in [0.15, 0.2) is 0 Å². The molecule has 1 aromatic rings. The molecular formula is C14H18N2O4. The summed E-state index contributed by atoms with van der Waals surface area (Å²) in [5.41, 5.74) is 0.874. The van der Waals surface area contributed by atoms with Gasteiger partial charge in [-0.2, -0.15) is 0 Å². The van der Waals surface area contributed by atoms with E-state index in [1.165, 1.54) is 0 Å². The molecule has 20 heavy (non-hydrogen) atoms. The van der Waals surface area contributed by atoms with E-state index in [0.717, 1.165) is 18.4 Å². The third-order valence-corrected chi connectivity index (χ3v) is 3.17. The second-order valence-electron chi connectivity index (χ2n) is 4.72. The van der Waals surface area contributed by atoms with Crippen LogP contribution in [0.2, 0.25) is 0 Å². The molecule has 1 heterocycles. The smallest absolute Gasteiger partial charge is 0.408 e. The van der Waals surface area contributed by atoms with Crippen LogP contribution in [0.15, 0.2) is 30.3 Å². The van der Waals surface area contributed by atoms with Gasteiger partial charge in [-0.3, -0.25) is 10.0 Å². The minimum atomic E-state index is -0.717. The van der Waals surface area contributed by atoms with Crippen LogP contribution in [0.4, 0.5) is 4.79 Å². The Balaban J connectivity index is 1.83. The molecule has 2 amide bonds. The molecule has 1 aliphatic heterocycles. The maximum atomic E-state index is 11.8. The van der Waals surface area contributed by atoms with Gasteiger partial charge in [0, 0.05) is 6.54 Å². The van der Waals surface area contributed by atoms with Gasteiger partial charge in [-0.15, -0.1) is 0 Å². The summed E-state index contributed by atoms with van der Waals surface area (Å²) in [6.07, 6.45) is 1.35. The third kappa shape index (κ3) is 3.96. The van der Waals surface area contributed by atoms with Crippen LogP contribution in [0.5, 0.6) is 0 Å². The Kier molecular flexibility index (Phi) is 4.95. The highest BCUT2D eigenvalue weighted by Gasteiger charge is 2.27. The van der Waals surface area contributed by atoms with Crippen molar-refractivity contribution in [2.24, 2.45) is 0 Å². The average molecular weight is 278 g/mol. The number of benzene rings is 1. The second-order valence-corrected chi connectivity index (χ2v) is 4.72. The Morgan fingerprint density at radius 2 is 2.10 bits per heavy atom. The molecule has 0 aliphatic carbocycles. The van der Waals surface area contributed by atoms with E-state index < -0.39 is 18.0 Å². The van der Waals surface area contributed by atoms with Crippen LogP contribution in [-0.2, 0) is 16.1 Å². The predicted octanol–water partition coefficient (Wildman–Crippen LogP) is 1.68. The zero-order chi connectivity index (χ0) is 14.4. The van der Waals surface area contributed by atoms with Crippen molar-refractivity contribution in [2.45, 2.75) is 31.9 Å². The van der Waals surface area contributed by atoms with Crippen molar-refractivity contribution >= 4 is 12.0 Å². The second kappa shape index (κ2) is 6.91. The lowest BCUT2D eigenvalue weighted by molar-refractivity contribution is -0.166. The van der Waals surface area contributed by atoms with E-state index >= 15 is 0 Å². The monoisotopic (exact) mass is 278 g/mol. The predicted molar refractivity (Wildman–Crippen MR) is 70.9 cm³/mol. The summed E-state index contributed by atoms with van der Waals surface area (Å²) >= 11 is 0. The highest BCUT2D eigenvalue weighted by atomic mass is 16.5. The first-order chi connectivity index (χ1) is 9.66. The first-order valence-corrected chi connectivity index (χ1v) is 6.64. The van der Waals surface area contributed by atoms with E-state index in [9.17, 15) is 14.8 Å². The molecule has 0 radical (unpaired) electrons. The van der Waals surface area contributed by atoms with E-state index in [-0.39, 0.29) is 6.61 Å². The van der Waals surface area contributed by atoms with Gasteiger partial charge in [0.05, 0.1) is 0 Å². The fourth-order valence-corrected chi connectivity index (χ4v) is 2.06. The zero-order valence-corrected chi connectivity index (χ0v) is 11.1. The van der Waals surface area contributed by atoms with Crippen LogP contribution >= 0.6 is 0 Å². The summed E-state index contributed by atoms with van der Waals surface area (Å²) < 4.78 is 5.05. The molecular weight excluding hydrogens is 260 g/mol. The summed E-state index contributed by atoms with van der Waals surface area (Å²) in [6, 6.07) is 8.57. The number of hydroxylamine groups is 2. The van der Waals surface area contributed by atoms with Gasteiger partial charge >= 0.3 is 6.09 Å². The lowest BCUT2D eigenvalue weighted by Crippen LogP contribution is -2.46. The number of amides is 2. The fourth-order valence-electron chi connectivity index (χ4n) is 2.06. The van der Waals surface area contributed by atoms with E-state index in [1.807, 2.05) is 30.3 Å². The number of nitrogens with zero attached hydrogens (tertiary/aromatic N) is 1. The van der Waals surface area contributed by atoms with Crippen molar-refractivity contribution in [1.82, 2.24) is 10.4 Å². The zero-order valence-electron chi connectivity index (χ0n) is 11.1. The van der Waals surface area contributed by atoms with Gasteiger partial charge in [-0.25, -0.2) is 9.86 Å². The minimum absolute atomic E-state index is 0.149. The molecule has 1 atom stereocenters. The van der Waals surface area contributed by atoms with E-state index in [0.29, 0.717) is 18.0 Å². The topological polar surface area (TPSA) is 78.9 Å². The van der Waals surface area contributed by atoms with Gasteiger partial charge < -0.3 is 10.1 Å². The molecule has 2 rings (SSSR count). The summed E-state index contributed by atoms with van der Waals surface area (Å²) in [5, 5.41) is 12.6. The lowest BCUT2D eigenvalue weighted by Gasteiger charge is -2.18. The van der Waals surface area contributed by atoms with Crippen LogP contribution in [0, 0.1) is 0 Å². The van der Waals surface area contributed by atoms with E-state index in [1.54, 1.807) is 0 Å². The van der Waals surface area contributed by atoms with Gasteiger partial charge in [0.25, 0.3) is 5.91 Å². The lowest BCUT2D eigenvalue weighted by atomic mass is 10.1. The van der Waals surface area contributed by atoms with Gasteiger partial charge in [-0.05, 0) is 24.8 Å². The molecule has 6 nitrogen and oxygen atoms in total. The maximum absolute atomic E-state index is 11.8. The Labute approximate surface area is 117 Å². The highest BCUT2D eigenvalue weighted by molar-refractivity contribution is 5.85. The van der Waals surface area contributed by atoms with Crippen molar-refractivity contribution < 1.29 is 19.5 Å². The molecule has 0 saturated carbocycles.